The molecule has 0 fully saturated rings. The summed E-state index contributed by atoms with van der Waals surface area (Å²) in [6.07, 6.45) is 3.04. The van der Waals surface area contributed by atoms with Crippen LogP contribution in [0.2, 0.25) is 0 Å². The molecule has 2 N–H and O–H groups in total. The zero-order valence-electron chi connectivity index (χ0n) is 15.2. The summed E-state index contributed by atoms with van der Waals surface area (Å²) in [5.41, 5.74) is 4.74. The Morgan fingerprint density at radius 1 is 0.920 bits per heavy atom. The largest absolute Gasteiger partial charge is 0.481 e. The third kappa shape index (κ3) is 7.40. The van der Waals surface area contributed by atoms with E-state index in [-0.39, 0.29) is 6.42 Å². The Morgan fingerprint density at radius 3 is 2.08 bits per heavy atom. The Hall–Kier alpha value is -2.33. The number of anilines is 1. The second-order valence-electron chi connectivity index (χ2n) is 6.67. The number of carboxylic acid groups (broad SMARTS) is 1. The van der Waals surface area contributed by atoms with E-state index < -0.39 is 5.97 Å². The predicted molar refractivity (Wildman–Crippen MR) is 103 cm³/mol. The average Bonchev–Trinajstić information content (AvgIpc) is 2.60. The zero-order valence-corrected chi connectivity index (χ0v) is 15.2. The van der Waals surface area contributed by atoms with E-state index >= 15 is 0 Å². The van der Waals surface area contributed by atoms with Crippen LogP contribution in [0, 0.1) is 0 Å². The number of nitrogens with one attached hydrogen (secondary N) is 1. The van der Waals surface area contributed by atoms with Crippen molar-refractivity contribution in [1.82, 2.24) is 4.90 Å². The standard InChI is InChI=1S/C21H28N2O2/c1-23(2)15-3-4-17-9-12-20(13-10-17)22-16-19-7-5-18(6-8-19)11-14-21(24)25/h5-10,12-13,22H,3-4,11,14-16H2,1-2H3,(H,24,25). The van der Waals surface area contributed by atoms with Crippen LogP contribution in [0.4, 0.5) is 5.69 Å². The van der Waals surface area contributed by atoms with E-state index in [4.69, 9.17) is 5.11 Å². The van der Waals surface area contributed by atoms with Crippen LogP contribution in [0.3, 0.4) is 0 Å². The van der Waals surface area contributed by atoms with E-state index in [0.717, 1.165) is 30.8 Å². The number of carboxylic acids is 1. The Morgan fingerprint density at radius 2 is 1.48 bits per heavy atom. The van der Waals surface area contributed by atoms with Crippen molar-refractivity contribution in [3.05, 3.63) is 65.2 Å². The highest BCUT2D eigenvalue weighted by atomic mass is 16.4. The number of aryl methyl sites for hydroxylation is 2. The number of carbonyl (C=O) groups is 1. The lowest BCUT2D eigenvalue weighted by Gasteiger charge is -2.10. The summed E-state index contributed by atoms with van der Waals surface area (Å²) in [5, 5.41) is 12.1. The molecular formula is C21H28N2O2. The lowest BCUT2D eigenvalue weighted by molar-refractivity contribution is -0.136. The van der Waals surface area contributed by atoms with Gasteiger partial charge in [0.1, 0.15) is 0 Å². The molecule has 0 atom stereocenters. The maximum Gasteiger partial charge on any atom is 0.303 e. The molecule has 0 bridgehead atoms. The van der Waals surface area contributed by atoms with Crippen molar-refractivity contribution in [2.24, 2.45) is 0 Å². The van der Waals surface area contributed by atoms with Crippen molar-refractivity contribution in [3.63, 3.8) is 0 Å². The van der Waals surface area contributed by atoms with E-state index in [1.54, 1.807) is 0 Å². The molecule has 0 aliphatic carbocycles. The van der Waals surface area contributed by atoms with Crippen molar-refractivity contribution in [3.8, 4) is 0 Å². The van der Waals surface area contributed by atoms with Crippen molar-refractivity contribution >= 4 is 11.7 Å². The molecule has 2 rings (SSSR count). The molecule has 0 saturated heterocycles. The molecule has 2 aromatic rings. The highest BCUT2D eigenvalue weighted by Gasteiger charge is 2.00. The molecule has 0 saturated carbocycles. The fourth-order valence-corrected chi connectivity index (χ4v) is 2.67. The van der Waals surface area contributed by atoms with Crippen molar-refractivity contribution in [2.45, 2.75) is 32.2 Å². The SMILES string of the molecule is CN(C)CCCc1ccc(NCc2ccc(CCC(=O)O)cc2)cc1. The molecule has 0 aliphatic heterocycles. The summed E-state index contributed by atoms with van der Waals surface area (Å²) in [6.45, 7) is 1.88. The Bertz CT molecular complexity index is 649. The first-order valence-electron chi connectivity index (χ1n) is 8.80. The first-order valence-corrected chi connectivity index (χ1v) is 8.80. The van der Waals surface area contributed by atoms with E-state index in [2.05, 4.69) is 60.7 Å². The summed E-state index contributed by atoms with van der Waals surface area (Å²) in [6, 6.07) is 16.8. The molecule has 0 amide bonds. The molecule has 134 valence electrons. The summed E-state index contributed by atoms with van der Waals surface area (Å²) in [5.74, 6) is -0.754. The highest BCUT2D eigenvalue weighted by molar-refractivity contribution is 5.67. The molecule has 0 aromatic heterocycles. The first-order chi connectivity index (χ1) is 12.0. The Balaban J connectivity index is 1.77. The molecular weight excluding hydrogens is 312 g/mol. The molecule has 0 unspecified atom stereocenters. The molecule has 25 heavy (non-hydrogen) atoms. The van der Waals surface area contributed by atoms with E-state index in [9.17, 15) is 4.79 Å². The van der Waals surface area contributed by atoms with Crippen LogP contribution < -0.4 is 5.32 Å². The van der Waals surface area contributed by atoms with Crippen LogP contribution in [0.25, 0.3) is 0 Å². The van der Waals surface area contributed by atoms with Gasteiger partial charge in [-0.2, -0.15) is 0 Å². The Labute approximate surface area is 150 Å². The van der Waals surface area contributed by atoms with Crippen molar-refractivity contribution < 1.29 is 9.90 Å². The van der Waals surface area contributed by atoms with Crippen LogP contribution >= 0.6 is 0 Å². The van der Waals surface area contributed by atoms with Crippen molar-refractivity contribution in [2.75, 3.05) is 26.0 Å². The van der Waals surface area contributed by atoms with Gasteiger partial charge < -0.3 is 15.3 Å². The first kappa shape index (κ1) is 19.0. The Kier molecular flexibility index (Phi) is 7.48. The molecule has 0 radical (unpaired) electrons. The van der Waals surface area contributed by atoms with Gasteiger partial charge in [-0.15, -0.1) is 0 Å². The quantitative estimate of drug-likeness (QED) is 0.690. The van der Waals surface area contributed by atoms with Gasteiger partial charge in [-0.05, 0) is 68.7 Å². The topological polar surface area (TPSA) is 52.6 Å². The van der Waals surface area contributed by atoms with E-state index in [0.29, 0.717) is 6.42 Å². The maximum absolute atomic E-state index is 10.6. The molecule has 0 heterocycles. The molecule has 2 aromatic carbocycles. The van der Waals surface area contributed by atoms with Crippen LogP contribution in [-0.2, 0) is 24.2 Å². The minimum absolute atomic E-state index is 0.179. The van der Waals surface area contributed by atoms with Gasteiger partial charge in [-0.3, -0.25) is 4.79 Å². The van der Waals surface area contributed by atoms with Gasteiger partial charge in [0.2, 0.25) is 0 Å². The van der Waals surface area contributed by atoms with Gasteiger partial charge in [-0.25, -0.2) is 0 Å². The molecule has 0 aliphatic rings. The molecule has 0 spiro atoms. The van der Waals surface area contributed by atoms with Gasteiger partial charge in [0.15, 0.2) is 0 Å². The van der Waals surface area contributed by atoms with Crippen LogP contribution in [0.5, 0.6) is 0 Å². The number of hydrogen-bond acceptors (Lipinski definition) is 3. The van der Waals surface area contributed by atoms with Gasteiger partial charge in [0, 0.05) is 18.7 Å². The van der Waals surface area contributed by atoms with Crippen molar-refractivity contribution in [1.29, 1.82) is 0 Å². The number of benzene rings is 2. The van der Waals surface area contributed by atoms with Gasteiger partial charge >= 0.3 is 5.97 Å². The maximum atomic E-state index is 10.6. The summed E-state index contributed by atoms with van der Waals surface area (Å²) < 4.78 is 0. The third-order valence-corrected chi connectivity index (χ3v) is 4.17. The van der Waals surface area contributed by atoms with Crippen LogP contribution in [0.1, 0.15) is 29.5 Å². The fourth-order valence-electron chi connectivity index (χ4n) is 2.67. The monoisotopic (exact) mass is 340 g/mol. The predicted octanol–water partition coefficient (Wildman–Crippen LogP) is 3.81. The third-order valence-electron chi connectivity index (χ3n) is 4.17. The fraction of sp³-hybridized carbons (Fsp3) is 0.381. The summed E-state index contributed by atoms with van der Waals surface area (Å²) >= 11 is 0. The molecule has 4 heteroatoms. The van der Waals surface area contributed by atoms with Crippen LogP contribution in [-0.4, -0.2) is 36.6 Å². The highest BCUT2D eigenvalue weighted by Crippen LogP contribution is 2.13. The van der Waals surface area contributed by atoms with E-state index in [1.807, 2.05) is 12.1 Å². The van der Waals surface area contributed by atoms with Gasteiger partial charge in [-0.1, -0.05) is 36.4 Å². The summed E-state index contributed by atoms with van der Waals surface area (Å²) in [7, 11) is 4.21. The lowest BCUT2D eigenvalue weighted by atomic mass is 10.1. The minimum Gasteiger partial charge on any atom is -0.481 e. The van der Waals surface area contributed by atoms with Crippen LogP contribution in [0.15, 0.2) is 48.5 Å². The van der Waals surface area contributed by atoms with E-state index in [1.165, 1.54) is 17.5 Å². The molecule has 4 nitrogen and oxygen atoms in total. The average molecular weight is 340 g/mol. The van der Waals surface area contributed by atoms with Gasteiger partial charge in [0.05, 0.1) is 0 Å². The normalized spacial score (nSPS) is 10.8. The summed E-state index contributed by atoms with van der Waals surface area (Å²) in [4.78, 5) is 12.8. The number of hydrogen-bond donors (Lipinski definition) is 2. The zero-order chi connectivity index (χ0) is 18.1. The smallest absolute Gasteiger partial charge is 0.303 e. The lowest BCUT2D eigenvalue weighted by Crippen LogP contribution is -2.13. The number of nitrogens with zero attached hydrogens (tertiary/aromatic N) is 1. The van der Waals surface area contributed by atoms with Gasteiger partial charge in [0.25, 0.3) is 0 Å². The number of aliphatic carboxylic acids is 1. The second kappa shape index (κ2) is 9.84. The second-order valence-corrected chi connectivity index (χ2v) is 6.67. The number of rotatable bonds is 10. The minimum atomic E-state index is -0.754.